The SMILES string of the molecule is COCCCOc1cc([C@H]2[C@H](C(C)C)C[C@@H]([C@@H](CO)C[C@H](CO)C(C)C)N2C(=O)OC(C)(C)C)ccc1OC. The van der Waals surface area contributed by atoms with Gasteiger partial charge < -0.3 is 29.2 Å². The Labute approximate surface area is 236 Å². The van der Waals surface area contributed by atoms with E-state index in [9.17, 15) is 15.0 Å². The van der Waals surface area contributed by atoms with Crippen molar-refractivity contribution in [2.24, 2.45) is 29.6 Å². The summed E-state index contributed by atoms with van der Waals surface area (Å²) in [5, 5.41) is 20.6. The maximum Gasteiger partial charge on any atom is 0.411 e. The summed E-state index contributed by atoms with van der Waals surface area (Å²) in [6.07, 6.45) is 1.72. The molecule has 1 aromatic carbocycles. The first-order chi connectivity index (χ1) is 18.4. The van der Waals surface area contributed by atoms with Crippen LogP contribution in [-0.4, -0.2) is 73.5 Å². The minimum absolute atomic E-state index is 0.0345. The maximum absolute atomic E-state index is 13.9. The van der Waals surface area contributed by atoms with Crippen LogP contribution in [0, 0.1) is 29.6 Å². The summed E-state index contributed by atoms with van der Waals surface area (Å²) >= 11 is 0. The van der Waals surface area contributed by atoms with Gasteiger partial charge in [-0.05, 0) is 75.0 Å². The first kappa shape index (κ1) is 33.2. The van der Waals surface area contributed by atoms with E-state index in [1.54, 1.807) is 14.2 Å². The average molecular weight is 552 g/mol. The lowest BCUT2D eigenvalue weighted by atomic mass is 9.80. The standard InChI is InChI=1S/C31H53NO7/c1-20(2)23(18-33)15-24(19-34)26-17-25(21(3)4)29(32(26)30(35)39-31(5,6)7)22-11-12-27(37-9)28(16-22)38-14-10-13-36-8/h11-12,16,20-21,23-26,29,33-34H,10,13-15,17-19H2,1-9H3/t23-,24-,25+,26+,29+/m1/s1. The Bertz CT molecular complexity index is 882. The van der Waals surface area contributed by atoms with Crippen LogP contribution in [0.1, 0.15) is 79.3 Å². The van der Waals surface area contributed by atoms with Crippen molar-refractivity contribution in [1.82, 2.24) is 4.90 Å². The lowest BCUT2D eigenvalue weighted by Gasteiger charge is -2.38. The van der Waals surface area contributed by atoms with Crippen LogP contribution in [-0.2, 0) is 9.47 Å². The van der Waals surface area contributed by atoms with E-state index >= 15 is 0 Å². The van der Waals surface area contributed by atoms with Crippen molar-refractivity contribution in [1.29, 1.82) is 0 Å². The summed E-state index contributed by atoms with van der Waals surface area (Å²) in [4.78, 5) is 15.8. The number of hydrogen-bond donors (Lipinski definition) is 2. The zero-order valence-corrected chi connectivity index (χ0v) is 25.6. The number of carbonyl (C=O) groups is 1. The van der Waals surface area contributed by atoms with Gasteiger partial charge in [-0.1, -0.05) is 33.8 Å². The molecule has 0 saturated carbocycles. The number of ether oxygens (including phenoxy) is 4. The highest BCUT2D eigenvalue weighted by Crippen LogP contribution is 2.49. The van der Waals surface area contributed by atoms with Crippen LogP contribution >= 0.6 is 0 Å². The maximum atomic E-state index is 13.9. The molecule has 8 heteroatoms. The molecule has 0 radical (unpaired) electrons. The Morgan fingerprint density at radius 1 is 1.05 bits per heavy atom. The highest BCUT2D eigenvalue weighted by molar-refractivity contribution is 5.70. The third-order valence-electron chi connectivity index (χ3n) is 7.88. The van der Waals surface area contributed by atoms with Crippen molar-refractivity contribution in [2.75, 3.05) is 40.6 Å². The molecule has 1 aliphatic heterocycles. The van der Waals surface area contributed by atoms with Crippen LogP contribution in [0.5, 0.6) is 11.5 Å². The van der Waals surface area contributed by atoms with Crippen molar-refractivity contribution < 1.29 is 34.0 Å². The lowest BCUT2D eigenvalue weighted by molar-refractivity contribution is -0.000591. The zero-order chi connectivity index (χ0) is 29.3. The van der Waals surface area contributed by atoms with Gasteiger partial charge >= 0.3 is 6.09 Å². The van der Waals surface area contributed by atoms with Gasteiger partial charge in [0.05, 0.1) is 19.8 Å². The normalized spacial score (nSPS) is 21.4. The van der Waals surface area contributed by atoms with Gasteiger partial charge in [-0.2, -0.15) is 0 Å². The molecule has 1 aliphatic rings. The van der Waals surface area contributed by atoms with Gasteiger partial charge in [-0.3, -0.25) is 4.90 Å². The van der Waals surface area contributed by atoms with E-state index in [1.165, 1.54) is 0 Å². The van der Waals surface area contributed by atoms with Crippen molar-refractivity contribution in [2.45, 2.75) is 85.4 Å². The van der Waals surface area contributed by atoms with Crippen LogP contribution in [0.2, 0.25) is 0 Å². The summed E-state index contributed by atoms with van der Waals surface area (Å²) < 4.78 is 22.8. The van der Waals surface area contributed by atoms with Crippen LogP contribution < -0.4 is 9.47 Å². The van der Waals surface area contributed by atoms with E-state index in [0.29, 0.717) is 31.1 Å². The van der Waals surface area contributed by atoms with Gasteiger partial charge in [0.25, 0.3) is 0 Å². The zero-order valence-electron chi connectivity index (χ0n) is 25.6. The summed E-state index contributed by atoms with van der Waals surface area (Å²) in [7, 11) is 3.28. The van der Waals surface area contributed by atoms with Gasteiger partial charge in [-0.25, -0.2) is 4.79 Å². The molecular weight excluding hydrogens is 498 g/mol. The Hall–Kier alpha value is -2.03. The number of rotatable bonds is 14. The number of aliphatic hydroxyl groups is 2. The number of hydrogen-bond acceptors (Lipinski definition) is 7. The van der Waals surface area contributed by atoms with Crippen LogP contribution in [0.4, 0.5) is 4.79 Å². The molecule has 0 aliphatic carbocycles. The number of aliphatic hydroxyl groups excluding tert-OH is 2. The first-order valence-electron chi connectivity index (χ1n) is 14.4. The summed E-state index contributed by atoms with van der Waals surface area (Å²) in [5.41, 5.74) is 0.279. The van der Waals surface area contributed by atoms with E-state index in [4.69, 9.17) is 18.9 Å². The lowest BCUT2D eigenvalue weighted by Crippen LogP contribution is -2.46. The van der Waals surface area contributed by atoms with Gasteiger partial charge in [-0.15, -0.1) is 0 Å². The van der Waals surface area contributed by atoms with Gasteiger partial charge in [0.2, 0.25) is 0 Å². The fourth-order valence-corrected chi connectivity index (χ4v) is 5.64. The van der Waals surface area contributed by atoms with Crippen LogP contribution in [0.25, 0.3) is 0 Å². The van der Waals surface area contributed by atoms with E-state index < -0.39 is 5.60 Å². The first-order valence-corrected chi connectivity index (χ1v) is 14.4. The highest BCUT2D eigenvalue weighted by Gasteiger charge is 2.50. The topological polar surface area (TPSA) is 97.7 Å². The molecule has 1 fully saturated rings. The van der Waals surface area contributed by atoms with E-state index in [0.717, 1.165) is 18.4 Å². The Kier molecular flexibility index (Phi) is 12.8. The third-order valence-corrected chi connectivity index (χ3v) is 7.88. The second-order valence-corrected chi connectivity index (χ2v) is 12.5. The number of likely N-dealkylation sites (tertiary alicyclic amines) is 1. The number of methoxy groups -OCH3 is 2. The Morgan fingerprint density at radius 2 is 1.74 bits per heavy atom. The van der Waals surface area contributed by atoms with E-state index in [1.807, 2.05) is 43.9 Å². The fraction of sp³-hybridized carbons (Fsp3) is 0.774. The minimum atomic E-state index is -0.669. The quantitative estimate of drug-likeness (QED) is 0.286. The molecule has 8 nitrogen and oxygen atoms in total. The number of benzene rings is 1. The third kappa shape index (κ3) is 8.98. The summed E-state index contributed by atoms with van der Waals surface area (Å²) in [6, 6.07) is 5.37. The molecule has 1 saturated heterocycles. The monoisotopic (exact) mass is 551 g/mol. The molecule has 1 amide bonds. The second kappa shape index (κ2) is 15.1. The predicted molar refractivity (Wildman–Crippen MR) is 153 cm³/mol. The summed E-state index contributed by atoms with van der Waals surface area (Å²) in [5.74, 6) is 1.77. The Balaban J connectivity index is 2.58. The largest absolute Gasteiger partial charge is 0.493 e. The number of nitrogens with zero attached hydrogens (tertiary/aromatic N) is 1. The van der Waals surface area contributed by atoms with Crippen LogP contribution in [0.15, 0.2) is 18.2 Å². The Morgan fingerprint density at radius 3 is 2.26 bits per heavy atom. The molecule has 224 valence electrons. The molecule has 0 aromatic heterocycles. The van der Waals surface area contributed by atoms with Crippen LogP contribution in [0.3, 0.4) is 0 Å². The smallest absolute Gasteiger partial charge is 0.411 e. The van der Waals surface area contributed by atoms with E-state index in [2.05, 4.69) is 27.7 Å². The number of carbonyl (C=O) groups excluding carboxylic acids is 1. The number of amides is 1. The minimum Gasteiger partial charge on any atom is -0.493 e. The van der Waals surface area contributed by atoms with Crippen molar-refractivity contribution >= 4 is 6.09 Å². The van der Waals surface area contributed by atoms with Crippen molar-refractivity contribution in [3.05, 3.63) is 23.8 Å². The van der Waals surface area contributed by atoms with Gasteiger partial charge in [0, 0.05) is 45.3 Å². The van der Waals surface area contributed by atoms with Gasteiger partial charge in [0.15, 0.2) is 11.5 Å². The van der Waals surface area contributed by atoms with E-state index in [-0.39, 0.29) is 61.0 Å². The summed E-state index contributed by atoms with van der Waals surface area (Å²) in [6.45, 7) is 15.2. The van der Waals surface area contributed by atoms with Crippen molar-refractivity contribution in [3.8, 4) is 11.5 Å². The molecule has 0 spiro atoms. The molecular formula is C31H53NO7. The highest BCUT2D eigenvalue weighted by atomic mass is 16.6. The molecule has 2 N–H and O–H groups in total. The van der Waals surface area contributed by atoms with Gasteiger partial charge in [0.1, 0.15) is 5.60 Å². The predicted octanol–water partition coefficient (Wildman–Crippen LogP) is 5.70. The van der Waals surface area contributed by atoms with Crippen molar-refractivity contribution in [3.63, 3.8) is 0 Å². The molecule has 5 atom stereocenters. The molecule has 0 bridgehead atoms. The molecule has 1 aromatic rings. The molecule has 2 rings (SSSR count). The molecule has 0 unspecified atom stereocenters. The fourth-order valence-electron chi connectivity index (χ4n) is 5.64. The molecule has 39 heavy (non-hydrogen) atoms. The molecule has 1 heterocycles. The second-order valence-electron chi connectivity index (χ2n) is 12.5. The average Bonchev–Trinajstić information content (AvgIpc) is 3.27.